The molecule has 2 N–H and O–H groups in total. The van der Waals surface area contributed by atoms with Gasteiger partial charge in [-0.1, -0.05) is 54.5 Å². The van der Waals surface area contributed by atoms with Gasteiger partial charge in [0.1, 0.15) is 19.3 Å². The van der Waals surface area contributed by atoms with Gasteiger partial charge in [-0.25, -0.2) is 4.79 Å². The molecule has 0 fully saturated rings. The summed E-state index contributed by atoms with van der Waals surface area (Å²) in [5.41, 5.74) is 4.51. The molecule has 0 heterocycles. The number of carboxylic acid groups (broad SMARTS) is 1. The molecule has 1 unspecified atom stereocenters. The van der Waals surface area contributed by atoms with Crippen molar-refractivity contribution < 1.29 is 29.0 Å². The first-order valence-corrected chi connectivity index (χ1v) is 10.5. The van der Waals surface area contributed by atoms with E-state index in [0.29, 0.717) is 0 Å². The first-order valence-electron chi connectivity index (χ1n) is 10.5. The highest BCUT2D eigenvalue weighted by atomic mass is 16.5. The molecule has 0 spiro atoms. The molecule has 0 saturated heterocycles. The van der Waals surface area contributed by atoms with Crippen LogP contribution >= 0.6 is 0 Å². The molecule has 0 saturated carbocycles. The van der Waals surface area contributed by atoms with Gasteiger partial charge in [0.25, 0.3) is 5.91 Å². The third-order valence-corrected chi connectivity index (χ3v) is 5.50. The molecule has 0 aliphatic heterocycles. The molecule has 1 aliphatic carbocycles. The van der Waals surface area contributed by atoms with Crippen molar-refractivity contribution in [3.05, 3.63) is 59.7 Å². The Morgan fingerprint density at radius 3 is 2.27 bits per heavy atom. The van der Waals surface area contributed by atoms with Gasteiger partial charge in [-0.2, -0.15) is 0 Å². The Morgan fingerprint density at radius 2 is 1.73 bits per heavy atom. The zero-order chi connectivity index (χ0) is 23.8. The van der Waals surface area contributed by atoms with Gasteiger partial charge in [-0.15, -0.1) is 6.42 Å². The van der Waals surface area contributed by atoms with Crippen molar-refractivity contribution in [1.82, 2.24) is 10.2 Å². The fraction of sp³-hybridized carbons (Fsp3) is 0.320. The topological polar surface area (TPSA) is 105 Å². The van der Waals surface area contributed by atoms with Crippen molar-refractivity contribution in [2.75, 3.05) is 33.4 Å². The number of fused-ring (bicyclic) bond motifs is 3. The largest absolute Gasteiger partial charge is 0.480 e. The Hall–Kier alpha value is -3.83. The second-order valence-corrected chi connectivity index (χ2v) is 7.56. The minimum Gasteiger partial charge on any atom is -0.480 e. The van der Waals surface area contributed by atoms with Gasteiger partial charge in [0.15, 0.2) is 0 Å². The lowest BCUT2D eigenvalue weighted by Gasteiger charge is -2.23. The van der Waals surface area contributed by atoms with Gasteiger partial charge in [0, 0.05) is 26.0 Å². The zero-order valence-electron chi connectivity index (χ0n) is 18.3. The number of carbonyl (C=O) groups excluding carboxylic acids is 2. The second kappa shape index (κ2) is 11.2. The van der Waals surface area contributed by atoms with Crippen LogP contribution in [-0.2, 0) is 19.1 Å². The minimum atomic E-state index is -1.18. The summed E-state index contributed by atoms with van der Waals surface area (Å²) < 4.78 is 10.6. The Bertz CT molecular complexity index is 1020. The van der Waals surface area contributed by atoms with Gasteiger partial charge in [-0.3, -0.25) is 9.59 Å². The van der Waals surface area contributed by atoms with Crippen LogP contribution in [0.25, 0.3) is 11.1 Å². The van der Waals surface area contributed by atoms with Gasteiger partial charge in [0.2, 0.25) is 0 Å². The first-order chi connectivity index (χ1) is 16.0. The van der Waals surface area contributed by atoms with Crippen molar-refractivity contribution in [2.45, 2.75) is 18.4 Å². The predicted molar refractivity (Wildman–Crippen MR) is 122 cm³/mol. The number of carboxylic acids is 1. The van der Waals surface area contributed by atoms with Crippen LogP contribution < -0.4 is 5.32 Å². The van der Waals surface area contributed by atoms with E-state index in [2.05, 4.69) is 23.4 Å². The number of methoxy groups -OCH3 is 1. The number of benzene rings is 2. The van der Waals surface area contributed by atoms with Crippen LogP contribution in [0.4, 0.5) is 4.79 Å². The maximum absolute atomic E-state index is 12.5. The maximum atomic E-state index is 12.5. The number of carbonyl (C=O) groups is 3. The van der Waals surface area contributed by atoms with Gasteiger partial charge >= 0.3 is 12.1 Å². The fourth-order valence-electron chi connectivity index (χ4n) is 3.99. The number of alkyl carbamates (subject to hydrolysis) is 1. The average Bonchev–Trinajstić information content (AvgIpc) is 3.13. The number of hydrogen-bond acceptors (Lipinski definition) is 5. The van der Waals surface area contributed by atoms with Crippen molar-refractivity contribution in [2.24, 2.45) is 0 Å². The van der Waals surface area contributed by atoms with Crippen LogP contribution in [0.2, 0.25) is 0 Å². The molecule has 8 nitrogen and oxygen atoms in total. The van der Waals surface area contributed by atoms with E-state index in [9.17, 15) is 14.4 Å². The normalized spacial score (nSPS) is 12.7. The van der Waals surface area contributed by atoms with E-state index in [1.807, 2.05) is 36.4 Å². The van der Waals surface area contributed by atoms with Crippen molar-refractivity contribution in [3.63, 3.8) is 0 Å². The highest BCUT2D eigenvalue weighted by molar-refractivity contribution is 5.85. The third-order valence-electron chi connectivity index (χ3n) is 5.50. The number of ether oxygens (including phenoxy) is 2. The number of rotatable bonds is 10. The molecule has 3 rings (SSSR count). The summed E-state index contributed by atoms with van der Waals surface area (Å²) in [7, 11) is 1.34. The molecule has 2 aromatic carbocycles. The van der Waals surface area contributed by atoms with Crippen molar-refractivity contribution in [1.29, 1.82) is 0 Å². The molecule has 1 aliphatic rings. The Kier molecular flexibility index (Phi) is 8.06. The van der Waals surface area contributed by atoms with Crippen LogP contribution in [0.5, 0.6) is 0 Å². The Balaban J connectivity index is 1.52. The van der Waals surface area contributed by atoms with Gasteiger partial charge < -0.3 is 24.8 Å². The van der Waals surface area contributed by atoms with Crippen LogP contribution in [0, 0.1) is 12.3 Å². The summed E-state index contributed by atoms with van der Waals surface area (Å²) in [6.07, 6.45) is 3.81. The third kappa shape index (κ3) is 5.70. The molecule has 33 heavy (non-hydrogen) atoms. The Labute approximate surface area is 192 Å². The number of nitrogens with one attached hydrogen (secondary N) is 1. The fourth-order valence-corrected chi connectivity index (χ4v) is 3.99. The number of amides is 2. The van der Waals surface area contributed by atoms with E-state index < -0.39 is 30.6 Å². The Morgan fingerprint density at radius 1 is 1.12 bits per heavy atom. The van der Waals surface area contributed by atoms with Gasteiger partial charge in [0.05, 0.1) is 6.54 Å². The standard InChI is InChI=1S/C25H26N2O6/c1-3-14-27(15-23(28)29)24(30)22(32-2)12-13-26-25(31)33-16-21-19-10-6-4-8-17(19)18-9-5-7-11-20(18)21/h1,4-11,21-22H,12-16H2,2H3,(H,26,31)(H,28,29). The summed E-state index contributed by atoms with van der Waals surface area (Å²) >= 11 is 0. The SMILES string of the molecule is C#CCN(CC(=O)O)C(=O)C(CCNC(=O)OCC1c2ccccc2-c2ccccc21)OC. The molecule has 8 heteroatoms. The van der Waals surface area contributed by atoms with Crippen molar-refractivity contribution in [3.8, 4) is 23.5 Å². The maximum Gasteiger partial charge on any atom is 0.407 e. The van der Waals surface area contributed by atoms with E-state index in [0.717, 1.165) is 27.2 Å². The zero-order valence-corrected chi connectivity index (χ0v) is 18.3. The lowest BCUT2D eigenvalue weighted by Crippen LogP contribution is -2.44. The molecular formula is C25H26N2O6. The number of nitrogens with zero attached hydrogens (tertiary/aromatic N) is 1. The van der Waals surface area contributed by atoms with E-state index in [4.69, 9.17) is 21.0 Å². The van der Waals surface area contributed by atoms with Crippen LogP contribution in [0.15, 0.2) is 48.5 Å². The monoisotopic (exact) mass is 450 g/mol. The van der Waals surface area contributed by atoms with E-state index >= 15 is 0 Å². The molecule has 0 bridgehead atoms. The molecule has 0 aromatic heterocycles. The predicted octanol–water partition coefficient (Wildman–Crippen LogP) is 2.48. The summed E-state index contributed by atoms with van der Waals surface area (Å²) in [5.74, 6) is 0.486. The number of aliphatic carboxylic acids is 1. The number of hydrogen-bond donors (Lipinski definition) is 2. The molecule has 2 aromatic rings. The smallest absolute Gasteiger partial charge is 0.407 e. The summed E-state index contributed by atoms with van der Waals surface area (Å²) in [6, 6.07) is 16.1. The van der Waals surface area contributed by atoms with Crippen molar-refractivity contribution >= 4 is 18.0 Å². The summed E-state index contributed by atoms with van der Waals surface area (Å²) in [6.45, 7) is -0.382. The molecule has 1 atom stereocenters. The first kappa shape index (κ1) is 23.8. The molecule has 0 radical (unpaired) electrons. The highest BCUT2D eigenvalue weighted by Crippen LogP contribution is 2.44. The summed E-state index contributed by atoms with van der Waals surface area (Å²) in [5, 5.41) is 11.6. The quantitative estimate of drug-likeness (QED) is 0.539. The highest BCUT2D eigenvalue weighted by Gasteiger charge is 2.29. The number of terminal acetylenes is 1. The van der Waals surface area contributed by atoms with E-state index in [1.165, 1.54) is 7.11 Å². The molecular weight excluding hydrogens is 424 g/mol. The van der Waals surface area contributed by atoms with E-state index in [1.54, 1.807) is 0 Å². The minimum absolute atomic E-state index is 0.0511. The second-order valence-electron chi connectivity index (χ2n) is 7.56. The van der Waals surface area contributed by atoms with E-state index in [-0.39, 0.29) is 32.0 Å². The van der Waals surface area contributed by atoms with Crippen LogP contribution in [0.1, 0.15) is 23.5 Å². The van der Waals surface area contributed by atoms with Crippen LogP contribution in [0.3, 0.4) is 0 Å². The van der Waals surface area contributed by atoms with Crippen LogP contribution in [-0.4, -0.2) is 67.4 Å². The lowest BCUT2D eigenvalue weighted by molar-refractivity contribution is -0.149. The lowest BCUT2D eigenvalue weighted by atomic mass is 9.98. The van der Waals surface area contributed by atoms with Gasteiger partial charge in [-0.05, 0) is 22.3 Å². The average molecular weight is 450 g/mol. The molecule has 172 valence electrons. The summed E-state index contributed by atoms with van der Waals surface area (Å²) in [4.78, 5) is 36.8. The molecule has 2 amide bonds.